The highest BCUT2D eigenvalue weighted by atomic mass is 19.2. The van der Waals surface area contributed by atoms with Crippen molar-refractivity contribution in [1.29, 1.82) is 0 Å². The van der Waals surface area contributed by atoms with Crippen LogP contribution in [0.3, 0.4) is 0 Å². The van der Waals surface area contributed by atoms with Crippen molar-refractivity contribution in [3.05, 3.63) is 59.2 Å². The number of ketones is 1. The van der Waals surface area contributed by atoms with Crippen molar-refractivity contribution in [2.45, 2.75) is 60.3 Å². The van der Waals surface area contributed by atoms with Crippen molar-refractivity contribution in [1.82, 2.24) is 0 Å². The summed E-state index contributed by atoms with van der Waals surface area (Å²) >= 11 is 0. The smallest absolute Gasteiger partial charge is 0.159 e. The van der Waals surface area contributed by atoms with Crippen molar-refractivity contribution >= 4 is 5.78 Å². The molecule has 0 fully saturated rings. The molecule has 0 aliphatic rings. The molecule has 1 aromatic carbocycles. The fraction of sp³-hybridized carbons (Fsp3) is 0.500. The van der Waals surface area contributed by atoms with Crippen molar-refractivity contribution in [3.63, 3.8) is 0 Å². The van der Waals surface area contributed by atoms with Crippen LogP contribution in [0.5, 0.6) is 0 Å². The molecule has 0 N–H and O–H groups in total. The molecule has 0 aliphatic heterocycles. The lowest BCUT2D eigenvalue weighted by Crippen LogP contribution is -2.18. The third-order valence-corrected chi connectivity index (χ3v) is 4.23. The summed E-state index contributed by atoms with van der Waals surface area (Å²) in [6, 6.07) is 3.97. The largest absolute Gasteiger partial charge is 0.295 e. The highest BCUT2D eigenvalue weighted by molar-refractivity contribution is 5.94. The number of carbonyl (C=O) groups excluding carboxylic acids is 1. The molecule has 1 rings (SSSR count). The maximum absolute atomic E-state index is 13.6. The Hall–Kier alpha value is -1.77. The average molecular weight is 348 g/mol. The van der Waals surface area contributed by atoms with Gasteiger partial charge in [0.25, 0.3) is 0 Å². The molecule has 0 bridgehead atoms. The Morgan fingerprint density at radius 1 is 1.20 bits per heavy atom. The van der Waals surface area contributed by atoms with E-state index in [1.165, 1.54) is 6.07 Å². The number of Topliss-reactive ketones (excluding diaryl/α,β-unsaturated/α-hetero) is 1. The molecule has 3 heteroatoms. The summed E-state index contributed by atoms with van der Waals surface area (Å²) in [5.41, 5.74) is 2.68. The molecule has 0 amide bonds. The van der Waals surface area contributed by atoms with Crippen LogP contribution >= 0.6 is 0 Å². The molecule has 0 saturated carbocycles. The second kappa shape index (κ2) is 9.07. The average Bonchev–Trinajstić information content (AvgIpc) is 2.46. The molecule has 1 unspecified atom stereocenters. The van der Waals surface area contributed by atoms with Crippen molar-refractivity contribution in [2.75, 3.05) is 0 Å². The topological polar surface area (TPSA) is 17.1 Å². The molecular formula is C22H30F2O. The van der Waals surface area contributed by atoms with Gasteiger partial charge in [0.2, 0.25) is 0 Å². The second-order valence-electron chi connectivity index (χ2n) is 8.00. The number of halogens is 2. The third kappa shape index (κ3) is 6.93. The fourth-order valence-corrected chi connectivity index (χ4v) is 3.45. The van der Waals surface area contributed by atoms with Gasteiger partial charge >= 0.3 is 0 Å². The normalized spacial score (nSPS) is 14.0. The van der Waals surface area contributed by atoms with Crippen LogP contribution in [0.1, 0.15) is 59.4 Å². The molecule has 0 aliphatic carbocycles. The lowest BCUT2D eigenvalue weighted by atomic mass is 9.79. The Bertz CT molecular complexity index is 650. The molecule has 25 heavy (non-hydrogen) atoms. The number of rotatable bonds is 8. The minimum Gasteiger partial charge on any atom is -0.295 e. The monoisotopic (exact) mass is 348 g/mol. The van der Waals surface area contributed by atoms with Gasteiger partial charge in [-0.05, 0) is 74.1 Å². The van der Waals surface area contributed by atoms with E-state index in [4.69, 9.17) is 0 Å². The molecule has 1 atom stereocenters. The van der Waals surface area contributed by atoms with Crippen LogP contribution in [0.4, 0.5) is 8.78 Å². The maximum Gasteiger partial charge on any atom is 0.159 e. The minimum atomic E-state index is -0.849. The van der Waals surface area contributed by atoms with Gasteiger partial charge in [0, 0.05) is 0 Å². The summed E-state index contributed by atoms with van der Waals surface area (Å²) in [5, 5.41) is 0. The Labute approximate surface area is 150 Å². The van der Waals surface area contributed by atoms with E-state index >= 15 is 0 Å². The first-order chi connectivity index (χ1) is 11.5. The van der Waals surface area contributed by atoms with E-state index in [0.29, 0.717) is 12.0 Å². The molecule has 0 radical (unpaired) electrons. The zero-order chi connectivity index (χ0) is 19.2. The Morgan fingerprint density at radius 3 is 2.32 bits per heavy atom. The number of hydrogen-bond donors (Lipinski definition) is 0. The van der Waals surface area contributed by atoms with Crippen LogP contribution in [-0.2, 0) is 11.2 Å². The third-order valence-electron chi connectivity index (χ3n) is 4.23. The van der Waals surface area contributed by atoms with Crippen LogP contribution in [0.25, 0.3) is 0 Å². The predicted octanol–water partition coefficient (Wildman–Crippen LogP) is 6.43. The number of benzene rings is 1. The summed E-state index contributed by atoms with van der Waals surface area (Å²) in [6.07, 6.45) is 4.70. The summed E-state index contributed by atoms with van der Waals surface area (Å²) in [4.78, 5) is 12.4. The molecule has 0 aromatic heterocycles. The van der Waals surface area contributed by atoms with E-state index in [9.17, 15) is 13.6 Å². The van der Waals surface area contributed by atoms with E-state index in [1.54, 1.807) is 13.0 Å². The molecule has 1 aromatic rings. The van der Waals surface area contributed by atoms with Gasteiger partial charge in [0.05, 0.1) is 0 Å². The van der Waals surface area contributed by atoms with Crippen LogP contribution in [-0.4, -0.2) is 5.78 Å². The lowest BCUT2D eigenvalue weighted by Gasteiger charge is -2.25. The summed E-state index contributed by atoms with van der Waals surface area (Å²) in [7, 11) is 0. The van der Waals surface area contributed by atoms with E-state index in [2.05, 4.69) is 27.4 Å². The summed E-state index contributed by atoms with van der Waals surface area (Å²) < 4.78 is 26.7. The van der Waals surface area contributed by atoms with Gasteiger partial charge in [-0.2, -0.15) is 0 Å². The quantitative estimate of drug-likeness (QED) is 0.391. The van der Waals surface area contributed by atoms with E-state index in [-0.39, 0.29) is 17.1 Å². The van der Waals surface area contributed by atoms with Gasteiger partial charge in [-0.25, -0.2) is 8.78 Å². The molecule has 0 spiro atoms. The molecule has 0 saturated heterocycles. The van der Waals surface area contributed by atoms with E-state index < -0.39 is 11.6 Å². The Morgan fingerprint density at radius 2 is 1.84 bits per heavy atom. The van der Waals surface area contributed by atoms with Gasteiger partial charge in [-0.3, -0.25) is 4.79 Å². The van der Waals surface area contributed by atoms with Gasteiger partial charge < -0.3 is 0 Å². The van der Waals surface area contributed by atoms with Crippen LogP contribution in [0, 0.1) is 23.0 Å². The molecule has 138 valence electrons. The SMILES string of the molecule is C=CCCC(Cc1ccc(F)c(F)c1)/C(C(C)=O)=C(\C)CC(C)(C)C. The highest BCUT2D eigenvalue weighted by Gasteiger charge is 2.23. The van der Waals surface area contributed by atoms with Gasteiger partial charge in [0.15, 0.2) is 17.4 Å². The summed E-state index contributed by atoms with van der Waals surface area (Å²) in [5.74, 6) is -1.67. The van der Waals surface area contributed by atoms with Crippen molar-refractivity contribution in [2.24, 2.45) is 11.3 Å². The van der Waals surface area contributed by atoms with E-state index in [0.717, 1.165) is 36.5 Å². The number of allylic oxidation sites excluding steroid dienone is 3. The van der Waals surface area contributed by atoms with Gasteiger partial charge in [0.1, 0.15) is 0 Å². The summed E-state index contributed by atoms with van der Waals surface area (Å²) in [6.45, 7) is 13.8. The predicted molar refractivity (Wildman–Crippen MR) is 100 cm³/mol. The van der Waals surface area contributed by atoms with Crippen molar-refractivity contribution in [3.8, 4) is 0 Å². The standard InChI is InChI=1S/C22H30F2O/c1-7-8-9-18(12-17-10-11-19(23)20(24)13-17)21(16(3)25)15(2)14-22(4,5)6/h7,10-11,13,18H,1,8-9,12,14H2,2-6H3/b21-15+. The second-order valence-corrected chi connectivity index (χ2v) is 8.00. The zero-order valence-corrected chi connectivity index (χ0v) is 16.1. The fourth-order valence-electron chi connectivity index (χ4n) is 3.45. The first kappa shape index (κ1) is 21.3. The van der Waals surface area contributed by atoms with Crippen LogP contribution < -0.4 is 0 Å². The van der Waals surface area contributed by atoms with Crippen LogP contribution in [0.15, 0.2) is 42.0 Å². The molecule has 0 heterocycles. The maximum atomic E-state index is 13.6. The zero-order valence-electron chi connectivity index (χ0n) is 16.1. The van der Waals surface area contributed by atoms with Crippen molar-refractivity contribution < 1.29 is 13.6 Å². The van der Waals surface area contributed by atoms with Crippen LogP contribution in [0.2, 0.25) is 0 Å². The van der Waals surface area contributed by atoms with Gasteiger partial charge in [-0.1, -0.05) is 38.5 Å². The first-order valence-corrected chi connectivity index (χ1v) is 8.80. The Kier molecular flexibility index (Phi) is 7.72. The number of carbonyl (C=O) groups is 1. The minimum absolute atomic E-state index is 0.0253. The molecular weight excluding hydrogens is 318 g/mol. The lowest BCUT2D eigenvalue weighted by molar-refractivity contribution is -0.114. The van der Waals surface area contributed by atoms with Gasteiger partial charge in [-0.15, -0.1) is 6.58 Å². The Balaban J connectivity index is 3.23. The highest BCUT2D eigenvalue weighted by Crippen LogP contribution is 2.32. The first-order valence-electron chi connectivity index (χ1n) is 8.80. The number of hydrogen-bond acceptors (Lipinski definition) is 1. The van der Waals surface area contributed by atoms with E-state index in [1.807, 2.05) is 13.0 Å². The molecule has 1 nitrogen and oxygen atoms in total.